The normalized spacial score (nSPS) is 14.8. The van der Waals surface area contributed by atoms with Gasteiger partial charge in [-0.3, -0.25) is 0 Å². The third-order valence-corrected chi connectivity index (χ3v) is 5.01. The number of hydrogen-bond acceptors (Lipinski definition) is 3. The van der Waals surface area contributed by atoms with Gasteiger partial charge in [0.05, 0.1) is 0 Å². The number of nitrogens with zero attached hydrogens (tertiary/aromatic N) is 3. The van der Waals surface area contributed by atoms with Crippen LogP contribution in [0.15, 0.2) is 24.4 Å². The molecule has 0 bridgehead atoms. The number of hydrogen-bond donors (Lipinski definition) is 1. The van der Waals surface area contributed by atoms with Crippen molar-refractivity contribution in [3.63, 3.8) is 0 Å². The van der Waals surface area contributed by atoms with Gasteiger partial charge in [-0.1, -0.05) is 0 Å². The molecule has 0 saturated carbocycles. The predicted molar refractivity (Wildman–Crippen MR) is 88.8 cm³/mol. The first kappa shape index (κ1) is 18.6. The summed E-state index contributed by atoms with van der Waals surface area (Å²) in [7, 11) is 0. The van der Waals surface area contributed by atoms with Gasteiger partial charge < -0.3 is 0 Å². The molecule has 1 aromatic carbocycles. The van der Waals surface area contributed by atoms with Crippen LogP contribution in [0.2, 0.25) is 4.71 Å². The Bertz CT molecular complexity index is 856. The number of rotatable bonds is 5. The van der Waals surface area contributed by atoms with E-state index in [1.807, 2.05) is 0 Å². The minimum atomic E-state index is -1.10. The summed E-state index contributed by atoms with van der Waals surface area (Å²) < 4.78 is 28.5. The fourth-order valence-electron chi connectivity index (χ4n) is 2.92. The molecule has 1 atom stereocenters. The summed E-state index contributed by atoms with van der Waals surface area (Å²) >= 11 is 2.33. The Morgan fingerprint density at radius 3 is 2.81 bits per heavy atom. The van der Waals surface area contributed by atoms with Gasteiger partial charge in [0.1, 0.15) is 0 Å². The van der Waals surface area contributed by atoms with Crippen LogP contribution in [0.5, 0.6) is 0 Å². The first-order chi connectivity index (χ1) is 12.3. The van der Waals surface area contributed by atoms with Crippen LogP contribution < -0.4 is 0 Å². The van der Waals surface area contributed by atoms with E-state index >= 15 is 0 Å². The van der Waals surface area contributed by atoms with Gasteiger partial charge in [-0.15, -0.1) is 0 Å². The van der Waals surface area contributed by atoms with Gasteiger partial charge in [-0.2, -0.15) is 0 Å². The number of carboxylic acids is 1. The SMILES string of the molecule is O=C(O)c1cn2c(n1)CN(C(=O)CC([As])Cc1cc(F)ccc1F)CC2. The third kappa shape index (κ3) is 4.12. The first-order valence-corrected chi connectivity index (χ1v) is 9.11. The molecule has 2 aromatic rings. The summed E-state index contributed by atoms with van der Waals surface area (Å²) in [5.74, 6) is -1.70. The predicted octanol–water partition coefficient (Wildman–Crippen LogP) is 1.79. The van der Waals surface area contributed by atoms with Crippen molar-refractivity contribution in [2.45, 2.75) is 30.6 Å². The molecule has 3 rings (SSSR count). The van der Waals surface area contributed by atoms with Gasteiger partial charge in [0.25, 0.3) is 0 Å². The quantitative estimate of drug-likeness (QED) is 0.745. The van der Waals surface area contributed by atoms with Crippen LogP contribution in [0.1, 0.15) is 28.3 Å². The maximum atomic E-state index is 13.7. The zero-order valence-corrected chi connectivity index (χ0v) is 15.6. The second-order valence-electron chi connectivity index (χ2n) is 6.15. The summed E-state index contributed by atoms with van der Waals surface area (Å²) in [6.07, 6.45) is 1.87. The molecule has 0 spiro atoms. The molecule has 6 nitrogen and oxygen atoms in total. The molecule has 1 aromatic heterocycles. The van der Waals surface area contributed by atoms with Crippen molar-refractivity contribution < 1.29 is 23.5 Å². The summed E-state index contributed by atoms with van der Waals surface area (Å²) in [6.45, 7) is 1.17. The molecule has 0 fully saturated rings. The second-order valence-corrected chi connectivity index (χ2v) is 7.69. The molecule has 0 saturated heterocycles. The second kappa shape index (κ2) is 7.58. The maximum absolute atomic E-state index is 13.7. The molecule has 26 heavy (non-hydrogen) atoms. The van der Waals surface area contributed by atoms with E-state index in [0.29, 0.717) is 18.9 Å². The van der Waals surface area contributed by atoms with Gasteiger partial charge in [0.15, 0.2) is 0 Å². The Balaban J connectivity index is 1.61. The Hall–Kier alpha value is -2.21. The number of imidazole rings is 1. The van der Waals surface area contributed by atoms with E-state index in [0.717, 1.165) is 18.2 Å². The Kier molecular flexibility index (Phi) is 5.41. The van der Waals surface area contributed by atoms with Crippen molar-refractivity contribution in [2.24, 2.45) is 0 Å². The van der Waals surface area contributed by atoms with E-state index in [9.17, 15) is 18.4 Å². The Morgan fingerprint density at radius 1 is 1.31 bits per heavy atom. The molecule has 9 heteroatoms. The topological polar surface area (TPSA) is 75.4 Å². The Morgan fingerprint density at radius 2 is 2.08 bits per heavy atom. The standard InChI is InChI=1S/C17H16AsF2N3O3/c18-11(5-10-6-12(19)1-2-13(10)20)7-16(24)23-4-3-22-8-14(17(25)26)21-15(22)9-23/h1-2,6,8,11H,3-5,7,9H2,(H,25,26). The number of carbonyl (C=O) groups excluding carboxylic acids is 1. The van der Waals surface area contributed by atoms with E-state index in [1.165, 1.54) is 6.20 Å². The van der Waals surface area contributed by atoms with Crippen LogP contribution in [0.25, 0.3) is 0 Å². The molecule has 136 valence electrons. The monoisotopic (exact) mass is 423 g/mol. The average molecular weight is 423 g/mol. The molecular formula is C17H16AsF2N3O3. The van der Waals surface area contributed by atoms with Gasteiger partial charge in [0, 0.05) is 0 Å². The molecule has 0 aliphatic carbocycles. The molecule has 1 amide bonds. The molecule has 2 radical (unpaired) electrons. The third-order valence-electron chi connectivity index (χ3n) is 4.25. The summed E-state index contributed by atoms with van der Waals surface area (Å²) in [5.41, 5.74) is 0.199. The fourth-order valence-corrected chi connectivity index (χ4v) is 3.66. The van der Waals surface area contributed by atoms with E-state index < -0.39 is 17.6 Å². The summed E-state index contributed by atoms with van der Waals surface area (Å²) in [6, 6.07) is 3.28. The van der Waals surface area contributed by atoms with Crippen LogP contribution in [0, 0.1) is 11.6 Å². The van der Waals surface area contributed by atoms with Crippen molar-refractivity contribution in [2.75, 3.05) is 6.54 Å². The number of halogens is 2. The van der Waals surface area contributed by atoms with Gasteiger partial charge in [-0.05, 0) is 0 Å². The summed E-state index contributed by atoms with van der Waals surface area (Å²) in [5, 5.41) is 8.99. The van der Waals surface area contributed by atoms with E-state index in [-0.39, 0.29) is 41.3 Å². The minimum absolute atomic E-state index is 0.0408. The number of amides is 1. The Labute approximate surface area is 157 Å². The number of carboxylic acid groups (broad SMARTS) is 1. The molecule has 1 aliphatic heterocycles. The van der Waals surface area contributed by atoms with Crippen molar-refractivity contribution in [3.05, 3.63) is 53.1 Å². The molecule has 1 unspecified atom stereocenters. The van der Waals surface area contributed by atoms with Crippen molar-refractivity contribution in [1.82, 2.24) is 14.5 Å². The zero-order chi connectivity index (χ0) is 18.8. The van der Waals surface area contributed by atoms with Crippen LogP contribution in [0.4, 0.5) is 8.78 Å². The molecule has 2 heterocycles. The van der Waals surface area contributed by atoms with E-state index in [4.69, 9.17) is 5.11 Å². The van der Waals surface area contributed by atoms with Crippen LogP contribution in [-0.4, -0.2) is 54.8 Å². The van der Waals surface area contributed by atoms with E-state index in [1.54, 1.807) is 9.47 Å². The number of fused-ring (bicyclic) bond motifs is 1. The van der Waals surface area contributed by atoms with Crippen LogP contribution in [0.3, 0.4) is 0 Å². The van der Waals surface area contributed by atoms with Crippen LogP contribution in [-0.2, 0) is 24.3 Å². The first-order valence-electron chi connectivity index (χ1n) is 8.02. The van der Waals surface area contributed by atoms with Gasteiger partial charge >= 0.3 is 157 Å². The number of carbonyl (C=O) groups is 2. The summed E-state index contributed by atoms with van der Waals surface area (Å²) in [4.78, 5) is 29.1. The van der Waals surface area contributed by atoms with Crippen LogP contribution >= 0.6 is 0 Å². The van der Waals surface area contributed by atoms with Crippen molar-refractivity contribution >= 4 is 28.7 Å². The average Bonchev–Trinajstić information content (AvgIpc) is 3.01. The van der Waals surface area contributed by atoms with Crippen molar-refractivity contribution in [3.8, 4) is 0 Å². The number of aromatic carboxylic acids is 1. The van der Waals surface area contributed by atoms with E-state index in [2.05, 4.69) is 21.8 Å². The molecule has 1 N–H and O–H groups in total. The zero-order valence-electron chi connectivity index (χ0n) is 13.7. The number of benzene rings is 1. The molecular weight excluding hydrogens is 407 g/mol. The fraction of sp³-hybridized carbons (Fsp3) is 0.353. The van der Waals surface area contributed by atoms with Gasteiger partial charge in [-0.25, -0.2) is 0 Å². The number of aromatic nitrogens is 2. The van der Waals surface area contributed by atoms with Crippen molar-refractivity contribution in [1.29, 1.82) is 0 Å². The van der Waals surface area contributed by atoms with Gasteiger partial charge in [0.2, 0.25) is 0 Å². The molecule has 1 aliphatic rings.